The van der Waals surface area contributed by atoms with E-state index in [9.17, 15) is 9.59 Å². The van der Waals surface area contributed by atoms with E-state index in [0.717, 1.165) is 12.8 Å². The fraction of sp³-hybridized carbons (Fsp3) is 0.571. The molecule has 5 nitrogen and oxygen atoms in total. The number of urea groups is 1. The zero-order valence-electron chi connectivity index (χ0n) is 12.1. The van der Waals surface area contributed by atoms with Crippen molar-refractivity contribution in [3.63, 3.8) is 0 Å². The molecule has 0 aliphatic heterocycles. The second-order valence-corrected chi connectivity index (χ2v) is 6.36. The van der Waals surface area contributed by atoms with E-state index in [2.05, 4.69) is 23.6 Å². The molecule has 3 amide bonds. The number of amides is 3. The number of nitrogens with one attached hydrogen (secondary N) is 2. The summed E-state index contributed by atoms with van der Waals surface area (Å²) in [6, 6.07) is 1.60. The molecule has 1 aromatic heterocycles. The predicted molar refractivity (Wildman–Crippen MR) is 79.7 cm³/mol. The van der Waals surface area contributed by atoms with Crippen molar-refractivity contribution >= 4 is 23.3 Å². The van der Waals surface area contributed by atoms with Crippen LogP contribution < -0.4 is 10.6 Å². The molecule has 1 atom stereocenters. The summed E-state index contributed by atoms with van der Waals surface area (Å²) in [5.41, 5.74) is 1.24. The molecule has 110 valence electrons. The van der Waals surface area contributed by atoms with Gasteiger partial charge in [0.15, 0.2) is 0 Å². The number of nitrogens with zero attached hydrogens (tertiary/aromatic N) is 1. The standard InChI is InChI=1S/C14H21N3O2S/c1-9-6-7-20-12(9)8-17(3)10(2)13(18)16-14(19)15-11-4-5-11/h6-7,10-11H,4-5,8H2,1-3H3,(H2,15,16,18,19). The smallest absolute Gasteiger partial charge is 0.321 e. The van der Waals surface area contributed by atoms with Crippen molar-refractivity contribution in [1.29, 1.82) is 0 Å². The van der Waals surface area contributed by atoms with Crippen LogP contribution in [0.4, 0.5) is 4.79 Å². The molecule has 1 unspecified atom stereocenters. The molecule has 0 saturated heterocycles. The van der Waals surface area contributed by atoms with Crippen LogP contribution in [0.25, 0.3) is 0 Å². The number of imide groups is 1. The molecule has 2 N–H and O–H groups in total. The highest BCUT2D eigenvalue weighted by molar-refractivity contribution is 7.10. The van der Waals surface area contributed by atoms with Gasteiger partial charge in [-0.2, -0.15) is 0 Å². The Morgan fingerprint density at radius 1 is 1.50 bits per heavy atom. The number of thiophene rings is 1. The van der Waals surface area contributed by atoms with E-state index < -0.39 is 0 Å². The summed E-state index contributed by atoms with van der Waals surface area (Å²) in [5, 5.41) is 7.19. The van der Waals surface area contributed by atoms with Crippen LogP contribution >= 0.6 is 11.3 Å². The van der Waals surface area contributed by atoms with Gasteiger partial charge in [-0.3, -0.25) is 15.0 Å². The molecule has 1 heterocycles. The SMILES string of the molecule is Cc1ccsc1CN(C)C(C)C(=O)NC(=O)NC1CC1. The molecule has 1 aromatic rings. The third-order valence-corrected chi connectivity index (χ3v) is 4.56. The summed E-state index contributed by atoms with van der Waals surface area (Å²) in [4.78, 5) is 26.7. The largest absolute Gasteiger partial charge is 0.335 e. The molecule has 0 bridgehead atoms. The molecule has 1 saturated carbocycles. The van der Waals surface area contributed by atoms with E-state index in [4.69, 9.17) is 0 Å². The van der Waals surface area contributed by atoms with Gasteiger partial charge in [-0.15, -0.1) is 11.3 Å². The first kappa shape index (κ1) is 15.0. The molecule has 1 aliphatic rings. The number of rotatable bonds is 5. The minimum absolute atomic E-state index is 0.254. The zero-order chi connectivity index (χ0) is 14.7. The first-order valence-electron chi connectivity index (χ1n) is 6.82. The fourth-order valence-corrected chi connectivity index (χ4v) is 2.76. The Kier molecular flexibility index (Phi) is 4.77. The van der Waals surface area contributed by atoms with Crippen molar-refractivity contribution in [1.82, 2.24) is 15.5 Å². The third-order valence-electron chi connectivity index (χ3n) is 3.55. The van der Waals surface area contributed by atoms with Crippen LogP contribution in [0.5, 0.6) is 0 Å². The minimum atomic E-state index is -0.384. The summed E-state index contributed by atoms with van der Waals surface area (Å²) < 4.78 is 0. The Labute approximate surface area is 123 Å². The van der Waals surface area contributed by atoms with Gasteiger partial charge in [-0.05, 0) is 50.7 Å². The van der Waals surface area contributed by atoms with Gasteiger partial charge in [0.2, 0.25) is 5.91 Å². The van der Waals surface area contributed by atoms with Crippen molar-refractivity contribution in [3.8, 4) is 0 Å². The number of likely N-dealkylation sites (N-methyl/N-ethyl adjacent to an activating group) is 1. The lowest BCUT2D eigenvalue weighted by molar-refractivity contribution is -0.124. The Morgan fingerprint density at radius 3 is 2.75 bits per heavy atom. The van der Waals surface area contributed by atoms with Crippen LogP contribution in [0.2, 0.25) is 0 Å². The molecule has 0 spiro atoms. The molecular formula is C14H21N3O2S. The highest BCUT2D eigenvalue weighted by Crippen LogP contribution is 2.19. The molecule has 20 heavy (non-hydrogen) atoms. The topological polar surface area (TPSA) is 61.4 Å². The van der Waals surface area contributed by atoms with Gasteiger partial charge >= 0.3 is 6.03 Å². The first-order chi connectivity index (χ1) is 9.47. The minimum Gasteiger partial charge on any atom is -0.335 e. The Bertz CT molecular complexity index is 496. The quantitative estimate of drug-likeness (QED) is 0.871. The maximum Gasteiger partial charge on any atom is 0.321 e. The number of hydrogen-bond acceptors (Lipinski definition) is 4. The van der Waals surface area contributed by atoms with E-state index in [-0.39, 0.29) is 24.0 Å². The molecule has 2 rings (SSSR count). The molecule has 1 aliphatic carbocycles. The fourth-order valence-electron chi connectivity index (χ4n) is 1.80. The van der Waals surface area contributed by atoms with Gasteiger partial charge in [-0.25, -0.2) is 4.79 Å². The van der Waals surface area contributed by atoms with Crippen LogP contribution in [0, 0.1) is 6.92 Å². The lowest BCUT2D eigenvalue weighted by Crippen LogP contribution is -2.48. The first-order valence-corrected chi connectivity index (χ1v) is 7.70. The molecule has 1 fully saturated rings. The van der Waals surface area contributed by atoms with Crippen molar-refractivity contribution < 1.29 is 9.59 Å². The van der Waals surface area contributed by atoms with Gasteiger partial charge < -0.3 is 5.32 Å². The van der Waals surface area contributed by atoms with Crippen LogP contribution in [0.1, 0.15) is 30.2 Å². The third kappa shape index (κ3) is 4.05. The molecular weight excluding hydrogens is 274 g/mol. The van der Waals surface area contributed by atoms with Crippen molar-refractivity contribution in [2.75, 3.05) is 7.05 Å². The van der Waals surface area contributed by atoms with Crippen LogP contribution in [0.15, 0.2) is 11.4 Å². The summed E-state index contributed by atoms with van der Waals surface area (Å²) in [6.45, 7) is 4.58. The monoisotopic (exact) mass is 295 g/mol. The summed E-state index contributed by atoms with van der Waals surface area (Å²) in [6.07, 6.45) is 2.02. The normalized spacial score (nSPS) is 16.0. The number of carbonyl (C=O) groups is 2. The van der Waals surface area contributed by atoms with Crippen molar-refractivity contribution in [2.45, 2.75) is 45.3 Å². The highest BCUT2D eigenvalue weighted by Gasteiger charge is 2.26. The van der Waals surface area contributed by atoms with Gasteiger partial charge in [-0.1, -0.05) is 0 Å². The summed E-state index contributed by atoms with van der Waals surface area (Å²) in [5.74, 6) is -0.264. The maximum absolute atomic E-state index is 12.0. The summed E-state index contributed by atoms with van der Waals surface area (Å²) >= 11 is 1.68. The highest BCUT2D eigenvalue weighted by atomic mass is 32.1. The van der Waals surface area contributed by atoms with E-state index in [0.29, 0.717) is 6.54 Å². The average molecular weight is 295 g/mol. The lowest BCUT2D eigenvalue weighted by Gasteiger charge is -2.23. The second kappa shape index (κ2) is 6.37. The van der Waals surface area contributed by atoms with Crippen LogP contribution in [-0.4, -0.2) is 36.0 Å². The number of aryl methyl sites for hydroxylation is 1. The second-order valence-electron chi connectivity index (χ2n) is 5.35. The summed E-state index contributed by atoms with van der Waals surface area (Å²) in [7, 11) is 1.89. The molecule has 0 aromatic carbocycles. The zero-order valence-corrected chi connectivity index (χ0v) is 12.9. The Balaban J connectivity index is 1.82. The van der Waals surface area contributed by atoms with E-state index in [1.807, 2.05) is 24.3 Å². The van der Waals surface area contributed by atoms with Crippen LogP contribution in [-0.2, 0) is 11.3 Å². The molecule has 6 heteroatoms. The Morgan fingerprint density at radius 2 is 2.20 bits per heavy atom. The number of hydrogen-bond donors (Lipinski definition) is 2. The van der Waals surface area contributed by atoms with E-state index >= 15 is 0 Å². The van der Waals surface area contributed by atoms with Gasteiger partial charge in [0.25, 0.3) is 0 Å². The number of carbonyl (C=O) groups excluding carboxylic acids is 2. The van der Waals surface area contributed by atoms with Crippen molar-refractivity contribution in [3.05, 3.63) is 21.9 Å². The van der Waals surface area contributed by atoms with Crippen molar-refractivity contribution in [2.24, 2.45) is 0 Å². The van der Waals surface area contributed by atoms with Gasteiger partial charge in [0.05, 0.1) is 6.04 Å². The van der Waals surface area contributed by atoms with Gasteiger partial charge in [0, 0.05) is 17.5 Å². The van der Waals surface area contributed by atoms with E-state index in [1.165, 1.54) is 10.4 Å². The van der Waals surface area contributed by atoms with Crippen LogP contribution in [0.3, 0.4) is 0 Å². The lowest BCUT2D eigenvalue weighted by atomic mass is 10.2. The average Bonchev–Trinajstić information content (AvgIpc) is 3.11. The predicted octanol–water partition coefficient (Wildman–Crippen LogP) is 1.87. The van der Waals surface area contributed by atoms with E-state index in [1.54, 1.807) is 11.3 Å². The van der Waals surface area contributed by atoms with Gasteiger partial charge in [0.1, 0.15) is 0 Å². The maximum atomic E-state index is 12.0. The molecule has 0 radical (unpaired) electrons. The Hall–Kier alpha value is -1.40.